The third-order valence-corrected chi connectivity index (χ3v) is 9.11. The van der Waals surface area contributed by atoms with E-state index in [-0.39, 0.29) is 28.4 Å². The molecular formula is C24H35NO3. The highest BCUT2D eigenvalue weighted by Crippen LogP contribution is 2.65. The molecule has 1 amide bonds. The summed E-state index contributed by atoms with van der Waals surface area (Å²) in [5.74, 6) is 2.20. The fourth-order valence-corrected chi connectivity index (χ4v) is 7.47. The lowest BCUT2D eigenvalue weighted by atomic mass is 9.46. The van der Waals surface area contributed by atoms with Gasteiger partial charge in [-0.25, -0.2) is 0 Å². The number of amides is 1. The third-order valence-electron chi connectivity index (χ3n) is 9.11. The molecule has 154 valence electrons. The Hall–Kier alpha value is -1.45. The van der Waals surface area contributed by atoms with E-state index in [1.54, 1.807) is 19.0 Å². The topological polar surface area (TPSA) is 54.5 Å². The Morgan fingerprint density at radius 3 is 2.46 bits per heavy atom. The van der Waals surface area contributed by atoms with E-state index < -0.39 is 0 Å². The van der Waals surface area contributed by atoms with Crippen molar-refractivity contribution in [3.8, 4) is 0 Å². The van der Waals surface area contributed by atoms with Crippen molar-refractivity contribution in [1.82, 2.24) is 4.90 Å². The van der Waals surface area contributed by atoms with Crippen molar-refractivity contribution >= 4 is 17.5 Å². The molecule has 0 aromatic carbocycles. The number of hydrogen-bond acceptors (Lipinski definition) is 3. The first-order valence-electron chi connectivity index (χ1n) is 11.0. The standard InChI is InChI=1S/C24H35NO3/c1-14-10-16-17-6-7-21(27)23(17,2)9-8-18(16)24(3)13-15(11-22(28)25(4)5)20(26)12-19(14)24/h15-18H,6-13H2,1-5H3. The summed E-state index contributed by atoms with van der Waals surface area (Å²) in [6.45, 7) is 6.79. The van der Waals surface area contributed by atoms with Gasteiger partial charge in [0.1, 0.15) is 11.6 Å². The van der Waals surface area contributed by atoms with E-state index in [9.17, 15) is 14.4 Å². The summed E-state index contributed by atoms with van der Waals surface area (Å²) in [6, 6.07) is 0. The molecule has 6 unspecified atom stereocenters. The van der Waals surface area contributed by atoms with Gasteiger partial charge in [0, 0.05) is 44.7 Å². The van der Waals surface area contributed by atoms with E-state index >= 15 is 0 Å². The van der Waals surface area contributed by atoms with Crippen molar-refractivity contribution in [2.45, 2.75) is 72.1 Å². The van der Waals surface area contributed by atoms with Gasteiger partial charge in [-0.05, 0) is 62.2 Å². The van der Waals surface area contributed by atoms with E-state index in [1.807, 2.05) is 0 Å². The number of ketones is 2. The van der Waals surface area contributed by atoms with E-state index in [0.717, 1.165) is 38.5 Å². The second-order valence-corrected chi connectivity index (χ2v) is 10.7. The zero-order chi connectivity index (χ0) is 20.4. The maximum absolute atomic E-state index is 12.9. The largest absolute Gasteiger partial charge is 0.349 e. The van der Waals surface area contributed by atoms with Crippen LogP contribution in [0.5, 0.6) is 0 Å². The lowest BCUT2D eigenvalue weighted by Gasteiger charge is -2.58. The van der Waals surface area contributed by atoms with Crippen LogP contribution < -0.4 is 0 Å². The number of allylic oxidation sites excluding steroid dienone is 2. The molecule has 0 saturated heterocycles. The molecule has 4 aliphatic rings. The molecular weight excluding hydrogens is 350 g/mol. The van der Waals surface area contributed by atoms with Gasteiger partial charge >= 0.3 is 0 Å². The Morgan fingerprint density at radius 2 is 1.79 bits per heavy atom. The van der Waals surface area contributed by atoms with E-state index in [2.05, 4.69) is 20.8 Å². The zero-order valence-electron chi connectivity index (χ0n) is 18.1. The van der Waals surface area contributed by atoms with E-state index in [4.69, 9.17) is 0 Å². The summed E-state index contributed by atoms with van der Waals surface area (Å²) in [4.78, 5) is 39.4. The van der Waals surface area contributed by atoms with Crippen LogP contribution in [-0.2, 0) is 14.4 Å². The molecule has 6 atom stereocenters. The van der Waals surface area contributed by atoms with Crippen LogP contribution in [-0.4, -0.2) is 36.5 Å². The molecule has 0 spiro atoms. The van der Waals surface area contributed by atoms with Gasteiger partial charge in [-0.2, -0.15) is 0 Å². The first kappa shape index (κ1) is 19.8. The molecule has 0 aliphatic heterocycles. The second-order valence-electron chi connectivity index (χ2n) is 10.7. The molecule has 4 aliphatic carbocycles. The number of nitrogens with zero attached hydrogens (tertiary/aromatic N) is 1. The van der Waals surface area contributed by atoms with Gasteiger partial charge in [-0.3, -0.25) is 14.4 Å². The lowest BCUT2D eigenvalue weighted by molar-refractivity contribution is -0.138. The summed E-state index contributed by atoms with van der Waals surface area (Å²) in [6.07, 6.45) is 6.58. The van der Waals surface area contributed by atoms with Crippen LogP contribution in [0.15, 0.2) is 11.1 Å². The molecule has 0 aromatic heterocycles. The Balaban J connectivity index is 1.67. The Labute approximate surface area is 169 Å². The minimum atomic E-state index is -0.159. The molecule has 0 radical (unpaired) electrons. The zero-order valence-corrected chi connectivity index (χ0v) is 18.1. The van der Waals surface area contributed by atoms with Crippen LogP contribution in [0.2, 0.25) is 0 Å². The number of rotatable bonds is 2. The van der Waals surface area contributed by atoms with Crippen molar-refractivity contribution in [3.05, 3.63) is 11.1 Å². The monoisotopic (exact) mass is 385 g/mol. The molecule has 0 N–H and O–H groups in total. The molecule has 4 heteroatoms. The van der Waals surface area contributed by atoms with Crippen LogP contribution in [0.3, 0.4) is 0 Å². The average molecular weight is 386 g/mol. The van der Waals surface area contributed by atoms with Gasteiger partial charge in [0.2, 0.25) is 5.91 Å². The highest BCUT2D eigenvalue weighted by atomic mass is 16.2. The minimum absolute atomic E-state index is 0.00510. The van der Waals surface area contributed by atoms with Gasteiger partial charge in [0.25, 0.3) is 0 Å². The number of fused-ring (bicyclic) bond motifs is 5. The second kappa shape index (κ2) is 6.53. The van der Waals surface area contributed by atoms with Gasteiger partial charge < -0.3 is 4.90 Å². The van der Waals surface area contributed by atoms with Crippen LogP contribution in [0.4, 0.5) is 0 Å². The Kier molecular flexibility index (Phi) is 4.63. The molecule has 28 heavy (non-hydrogen) atoms. The Bertz CT molecular complexity index is 766. The number of Topliss-reactive ketones (excluding diaryl/α,β-unsaturated/α-hetero) is 2. The molecule has 0 bridgehead atoms. The first-order valence-corrected chi connectivity index (χ1v) is 11.0. The molecule has 0 heterocycles. The van der Waals surface area contributed by atoms with Gasteiger partial charge in [-0.1, -0.05) is 25.0 Å². The smallest absolute Gasteiger partial charge is 0.222 e. The predicted octanol–water partition coefficient (Wildman–Crippen LogP) is 4.18. The molecule has 4 nitrogen and oxygen atoms in total. The van der Waals surface area contributed by atoms with Gasteiger partial charge in [0.15, 0.2) is 0 Å². The van der Waals surface area contributed by atoms with E-state index in [1.165, 1.54) is 11.1 Å². The molecule has 4 rings (SSSR count). The average Bonchev–Trinajstić information content (AvgIpc) is 2.92. The maximum atomic E-state index is 12.9. The minimum Gasteiger partial charge on any atom is -0.349 e. The quantitative estimate of drug-likeness (QED) is 0.670. The summed E-state index contributed by atoms with van der Waals surface area (Å²) in [5, 5.41) is 0. The number of hydrogen-bond donors (Lipinski definition) is 0. The number of carbonyl (C=O) groups is 3. The fraction of sp³-hybridized carbons (Fsp3) is 0.792. The third kappa shape index (κ3) is 2.74. The fourth-order valence-electron chi connectivity index (χ4n) is 7.47. The summed E-state index contributed by atoms with van der Waals surface area (Å²) in [5.41, 5.74) is 2.63. The van der Waals surface area contributed by atoms with Gasteiger partial charge in [-0.15, -0.1) is 0 Å². The van der Waals surface area contributed by atoms with Crippen molar-refractivity contribution in [2.75, 3.05) is 14.1 Å². The van der Waals surface area contributed by atoms with Crippen LogP contribution >= 0.6 is 0 Å². The van der Waals surface area contributed by atoms with Crippen molar-refractivity contribution < 1.29 is 14.4 Å². The van der Waals surface area contributed by atoms with Crippen molar-refractivity contribution in [3.63, 3.8) is 0 Å². The van der Waals surface area contributed by atoms with Crippen LogP contribution in [0, 0.1) is 34.5 Å². The van der Waals surface area contributed by atoms with Gasteiger partial charge in [0.05, 0.1) is 0 Å². The Morgan fingerprint density at radius 1 is 1.11 bits per heavy atom. The normalized spacial score (nSPS) is 42.8. The summed E-state index contributed by atoms with van der Waals surface area (Å²) < 4.78 is 0. The maximum Gasteiger partial charge on any atom is 0.222 e. The highest BCUT2D eigenvalue weighted by Gasteiger charge is 2.60. The first-order chi connectivity index (χ1) is 13.1. The molecule has 3 fully saturated rings. The highest BCUT2D eigenvalue weighted by molar-refractivity contribution is 5.90. The SMILES string of the molecule is CC1=C2CC(=O)C(CC(=O)N(C)C)CC2(C)C2CCC3(C)C(=O)CCC3C2C1. The predicted molar refractivity (Wildman–Crippen MR) is 109 cm³/mol. The van der Waals surface area contributed by atoms with Crippen LogP contribution in [0.25, 0.3) is 0 Å². The molecule has 0 aromatic rings. The lowest BCUT2D eigenvalue weighted by Crippen LogP contribution is -2.52. The summed E-state index contributed by atoms with van der Waals surface area (Å²) in [7, 11) is 3.53. The number of carbonyl (C=O) groups excluding carboxylic acids is 3. The molecule has 3 saturated carbocycles. The van der Waals surface area contributed by atoms with Crippen molar-refractivity contribution in [2.24, 2.45) is 34.5 Å². The van der Waals surface area contributed by atoms with E-state index in [0.29, 0.717) is 36.4 Å². The summed E-state index contributed by atoms with van der Waals surface area (Å²) >= 11 is 0. The van der Waals surface area contributed by atoms with Crippen LogP contribution in [0.1, 0.15) is 72.1 Å². The van der Waals surface area contributed by atoms with Crippen molar-refractivity contribution in [1.29, 1.82) is 0 Å².